The molecule has 2 rings (SSSR count). The van der Waals surface area contributed by atoms with Crippen molar-refractivity contribution in [2.45, 2.75) is 56.1 Å². The Morgan fingerprint density at radius 2 is 2.08 bits per heavy atom. The molecule has 0 amide bonds. The summed E-state index contributed by atoms with van der Waals surface area (Å²) in [5.74, 6) is 1.34. The molecule has 25 heavy (non-hydrogen) atoms. The predicted octanol–water partition coefficient (Wildman–Crippen LogP) is 3.07. The summed E-state index contributed by atoms with van der Waals surface area (Å²) in [6.07, 6.45) is 7.47. The minimum absolute atomic E-state index is 0.0933. The molecule has 0 radical (unpaired) electrons. The average Bonchev–Trinajstić information content (AvgIpc) is 3.14. The third-order valence-electron chi connectivity index (χ3n) is 4.47. The number of benzene rings is 1. The lowest BCUT2D eigenvalue weighted by molar-refractivity contribution is -0.155. The van der Waals surface area contributed by atoms with Crippen LogP contribution in [0.2, 0.25) is 0 Å². The van der Waals surface area contributed by atoms with Gasteiger partial charge in [0.25, 0.3) is 0 Å². The molecular weight excluding hydrogens is 338 g/mol. The van der Waals surface area contributed by atoms with Crippen LogP contribution in [0.15, 0.2) is 36.4 Å². The lowest BCUT2D eigenvalue weighted by Crippen LogP contribution is -2.52. The standard InChI is InChI=1S/C19H25NO4S/c1-19(25-2,12-13-21)17(20-24-16-10-6-7-11-16)18(22)23-14-15-8-4-3-5-9-15/h3-5,8-9,12,16-17,20H,6-7,10-11,14H2,1-2H3/t17-,19?/m1/s1. The Morgan fingerprint density at radius 1 is 1.40 bits per heavy atom. The van der Waals surface area contributed by atoms with Gasteiger partial charge in [0, 0.05) is 6.08 Å². The van der Waals surface area contributed by atoms with E-state index in [1.54, 1.807) is 12.9 Å². The second-order valence-corrected chi connectivity index (χ2v) is 7.61. The molecule has 1 fully saturated rings. The van der Waals surface area contributed by atoms with Gasteiger partial charge in [0.1, 0.15) is 18.6 Å². The number of carbonyl (C=O) groups excluding carboxylic acids is 2. The first-order chi connectivity index (χ1) is 12.1. The molecule has 1 aromatic rings. The number of hydrogen-bond donors (Lipinski definition) is 1. The molecule has 2 atom stereocenters. The van der Waals surface area contributed by atoms with Crippen LogP contribution >= 0.6 is 11.8 Å². The maximum atomic E-state index is 12.7. The lowest BCUT2D eigenvalue weighted by Gasteiger charge is -2.32. The minimum atomic E-state index is -0.811. The van der Waals surface area contributed by atoms with Crippen molar-refractivity contribution in [2.24, 2.45) is 0 Å². The Morgan fingerprint density at radius 3 is 2.68 bits per heavy atom. The van der Waals surface area contributed by atoms with Crippen molar-refractivity contribution in [1.82, 2.24) is 5.48 Å². The first kappa shape index (κ1) is 19.7. The van der Waals surface area contributed by atoms with Gasteiger partial charge in [0.05, 0.1) is 10.9 Å². The number of hydroxylamine groups is 1. The summed E-state index contributed by atoms with van der Waals surface area (Å²) < 4.78 is 4.64. The summed E-state index contributed by atoms with van der Waals surface area (Å²) in [6.45, 7) is 1.97. The molecule has 136 valence electrons. The van der Waals surface area contributed by atoms with E-state index in [2.05, 4.69) is 5.48 Å². The highest BCUT2D eigenvalue weighted by Crippen LogP contribution is 2.29. The topological polar surface area (TPSA) is 64.6 Å². The molecule has 1 N–H and O–H groups in total. The van der Waals surface area contributed by atoms with Crippen LogP contribution in [-0.2, 0) is 25.8 Å². The fourth-order valence-electron chi connectivity index (χ4n) is 2.76. The summed E-state index contributed by atoms with van der Waals surface area (Å²) in [6, 6.07) is 8.68. The van der Waals surface area contributed by atoms with Crippen molar-refractivity contribution in [3.8, 4) is 0 Å². The van der Waals surface area contributed by atoms with Crippen LogP contribution in [0.4, 0.5) is 0 Å². The highest BCUT2D eigenvalue weighted by atomic mass is 32.2. The molecule has 5 nitrogen and oxygen atoms in total. The number of nitrogens with one attached hydrogen (secondary N) is 1. The molecule has 0 spiro atoms. The average molecular weight is 363 g/mol. The molecular formula is C19H25NO4S. The molecule has 1 saturated carbocycles. The van der Waals surface area contributed by atoms with Crippen LogP contribution in [0.1, 0.15) is 38.2 Å². The lowest BCUT2D eigenvalue weighted by atomic mass is 10.0. The Bertz CT molecular complexity index is 597. The Balaban J connectivity index is 2.05. The number of ether oxygens (including phenoxy) is 1. The van der Waals surface area contributed by atoms with Gasteiger partial charge in [0.15, 0.2) is 0 Å². The molecule has 1 aliphatic carbocycles. The van der Waals surface area contributed by atoms with E-state index < -0.39 is 16.8 Å². The van der Waals surface area contributed by atoms with Gasteiger partial charge in [0.2, 0.25) is 0 Å². The van der Waals surface area contributed by atoms with E-state index in [-0.39, 0.29) is 12.7 Å². The van der Waals surface area contributed by atoms with Gasteiger partial charge >= 0.3 is 5.97 Å². The van der Waals surface area contributed by atoms with Gasteiger partial charge in [-0.3, -0.25) is 9.63 Å². The van der Waals surface area contributed by atoms with E-state index in [4.69, 9.17) is 9.57 Å². The molecule has 0 aromatic heterocycles. The normalized spacial score (nSPS) is 18.2. The molecule has 0 saturated heterocycles. The van der Waals surface area contributed by atoms with E-state index in [0.29, 0.717) is 0 Å². The molecule has 6 heteroatoms. The smallest absolute Gasteiger partial charge is 0.327 e. The zero-order valence-corrected chi connectivity index (χ0v) is 15.5. The van der Waals surface area contributed by atoms with Crippen molar-refractivity contribution in [1.29, 1.82) is 0 Å². The highest BCUT2D eigenvalue weighted by molar-refractivity contribution is 8.00. The van der Waals surface area contributed by atoms with E-state index in [1.807, 2.05) is 36.6 Å². The van der Waals surface area contributed by atoms with Crippen LogP contribution in [-0.4, -0.2) is 35.1 Å². The summed E-state index contributed by atoms with van der Waals surface area (Å²) in [4.78, 5) is 29.3. The van der Waals surface area contributed by atoms with E-state index in [1.165, 1.54) is 17.8 Å². The van der Waals surface area contributed by atoms with Gasteiger partial charge in [-0.05, 0) is 31.6 Å². The quantitative estimate of drug-likeness (QED) is 0.413. The third kappa shape index (κ3) is 5.72. The number of hydrogen-bond acceptors (Lipinski definition) is 6. The van der Waals surface area contributed by atoms with E-state index in [9.17, 15) is 9.59 Å². The van der Waals surface area contributed by atoms with Crippen LogP contribution in [0.3, 0.4) is 0 Å². The van der Waals surface area contributed by atoms with Gasteiger partial charge in [-0.25, -0.2) is 4.79 Å². The fraction of sp³-hybridized carbons (Fsp3) is 0.526. The van der Waals surface area contributed by atoms with Crippen molar-refractivity contribution < 1.29 is 19.2 Å². The summed E-state index contributed by atoms with van der Waals surface area (Å²) in [5.41, 5.74) is 3.77. The summed E-state index contributed by atoms with van der Waals surface area (Å²) in [5, 5.41) is 0. The predicted molar refractivity (Wildman–Crippen MR) is 98.7 cm³/mol. The molecule has 1 unspecified atom stereocenters. The molecule has 0 heterocycles. The largest absolute Gasteiger partial charge is 0.460 e. The molecule has 1 aliphatic rings. The van der Waals surface area contributed by atoms with Crippen LogP contribution < -0.4 is 5.48 Å². The fourth-order valence-corrected chi connectivity index (χ4v) is 3.30. The maximum absolute atomic E-state index is 12.7. The van der Waals surface area contributed by atoms with Crippen LogP contribution in [0.5, 0.6) is 0 Å². The minimum Gasteiger partial charge on any atom is -0.460 e. The van der Waals surface area contributed by atoms with Crippen LogP contribution in [0.25, 0.3) is 0 Å². The summed E-state index contributed by atoms with van der Waals surface area (Å²) in [7, 11) is 0. The number of carbonyl (C=O) groups is 1. The zero-order valence-electron chi connectivity index (χ0n) is 14.7. The highest BCUT2D eigenvalue weighted by Gasteiger charge is 2.39. The van der Waals surface area contributed by atoms with Gasteiger partial charge in [-0.15, -0.1) is 0 Å². The van der Waals surface area contributed by atoms with E-state index >= 15 is 0 Å². The molecule has 0 bridgehead atoms. The van der Waals surface area contributed by atoms with Crippen molar-refractivity contribution >= 4 is 23.7 Å². The SMILES string of the molecule is CSC(C)(C=C=O)[C@H](NOC1CCCC1)C(=O)OCc1ccccc1. The van der Waals surface area contributed by atoms with Crippen molar-refractivity contribution in [3.05, 3.63) is 42.0 Å². The van der Waals surface area contributed by atoms with Gasteiger partial charge in [-0.2, -0.15) is 17.2 Å². The van der Waals surface area contributed by atoms with Crippen LogP contribution in [0, 0.1) is 0 Å². The van der Waals surface area contributed by atoms with Crippen molar-refractivity contribution in [2.75, 3.05) is 6.26 Å². The number of esters is 1. The maximum Gasteiger partial charge on any atom is 0.327 e. The monoisotopic (exact) mass is 363 g/mol. The Kier molecular flexibility index (Phi) is 7.72. The third-order valence-corrected chi connectivity index (χ3v) is 5.71. The second kappa shape index (κ2) is 9.78. The number of thioether (sulfide) groups is 1. The molecule has 0 aliphatic heterocycles. The zero-order chi connectivity index (χ0) is 18.1. The van der Waals surface area contributed by atoms with Gasteiger partial charge < -0.3 is 4.74 Å². The second-order valence-electron chi connectivity index (χ2n) is 6.32. The summed E-state index contributed by atoms with van der Waals surface area (Å²) >= 11 is 1.38. The van der Waals surface area contributed by atoms with E-state index in [0.717, 1.165) is 31.2 Å². The first-order valence-electron chi connectivity index (χ1n) is 8.48. The Hall–Kier alpha value is -1.59. The number of rotatable bonds is 9. The Labute approximate surface area is 153 Å². The van der Waals surface area contributed by atoms with Gasteiger partial charge in [-0.1, -0.05) is 43.2 Å². The van der Waals surface area contributed by atoms with Crippen molar-refractivity contribution in [3.63, 3.8) is 0 Å². The first-order valence-corrected chi connectivity index (χ1v) is 9.70. The molecule has 1 aromatic carbocycles.